The Morgan fingerprint density at radius 3 is 2.69 bits per heavy atom. The van der Waals surface area contributed by atoms with Gasteiger partial charge in [-0.1, -0.05) is 0 Å². The molecule has 1 N–H and O–H groups in total. The number of pyridine rings is 1. The van der Waals surface area contributed by atoms with Gasteiger partial charge < -0.3 is 5.11 Å². The van der Waals surface area contributed by atoms with Gasteiger partial charge in [0.05, 0.1) is 18.0 Å². The van der Waals surface area contributed by atoms with Crippen molar-refractivity contribution >= 4 is 22.6 Å². The summed E-state index contributed by atoms with van der Waals surface area (Å²) in [6.07, 6.45) is -2.51. The maximum atomic E-state index is 12.4. The molecule has 0 bridgehead atoms. The summed E-state index contributed by atoms with van der Waals surface area (Å²) >= 11 is 1.83. The van der Waals surface area contributed by atoms with Crippen molar-refractivity contribution < 1.29 is 13.9 Å². The summed E-state index contributed by atoms with van der Waals surface area (Å²) in [4.78, 5) is 3.94. The number of halogens is 3. The molecule has 0 amide bonds. The fourth-order valence-electron chi connectivity index (χ4n) is 0.988. The zero-order valence-corrected chi connectivity index (χ0v) is 9.05. The monoisotopic (exact) mass is 299 g/mol. The van der Waals surface area contributed by atoms with Gasteiger partial charge in [0.2, 0.25) is 0 Å². The standard InChI is InChI=1S/C8H8F2INO/c1-4-7(11)6(8(9)10)2-5(3-13)12-4/h2,8,13H,3H2,1H3. The van der Waals surface area contributed by atoms with Crippen molar-refractivity contribution in [2.24, 2.45) is 0 Å². The van der Waals surface area contributed by atoms with E-state index in [1.54, 1.807) is 6.92 Å². The topological polar surface area (TPSA) is 33.1 Å². The first-order valence-corrected chi connectivity index (χ1v) is 4.69. The molecule has 0 spiro atoms. The molecule has 0 unspecified atom stereocenters. The minimum atomic E-state index is -2.51. The van der Waals surface area contributed by atoms with E-state index < -0.39 is 6.43 Å². The van der Waals surface area contributed by atoms with Gasteiger partial charge in [0.15, 0.2) is 0 Å². The average Bonchev–Trinajstić information content (AvgIpc) is 2.09. The normalized spacial score (nSPS) is 10.9. The van der Waals surface area contributed by atoms with Gasteiger partial charge in [-0.05, 0) is 35.6 Å². The smallest absolute Gasteiger partial charge is 0.265 e. The van der Waals surface area contributed by atoms with Crippen LogP contribution in [-0.4, -0.2) is 10.1 Å². The zero-order valence-electron chi connectivity index (χ0n) is 6.89. The maximum absolute atomic E-state index is 12.4. The molecule has 0 aliphatic heterocycles. The van der Waals surface area contributed by atoms with E-state index in [-0.39, 0.29) is 17.9 Å². The molecule has 0 fully saturated rings. The lowest BCUT2D eigenvalue weighted by Crippen LogP contribution is -2.00. The van der Waals surface area contributed by atoms with Crippen LogP contribution in [0, 0.1) is 10.5 Å². The summed E-state index contributed by atoms with van der Waals surface area (Å²) in [5, 5.41) is 8.75. The van der Waals surface area contributed by atoms with E-state index >= 15 is 0 Å². The Balaban J connectivity index is 3.25. The van der Waals surface area contributed by atoms with Crippen LogP contribution in [0.3, 0.4) is 0 Å². The SMILES string of the molecule is Cc1nc(CO)cc(C(F)F)c1I. The van der Waals surface area contributed by atoms with Gasteiger partial charge in [-0.2, -0.15) is 0 Å². The molecule has 13 heavy (non-hydrogen) atoms. The van der Waals surface area contributed by atoms with Crippen LogP contribution in [0.2, 0.25) is 0 Å². The Bertz CT molecular complexity index is 317. The Hall–Kier alpha value is -0.300. The van der Waals surface area contributed by atoms with E-state index in [0.29, 0.717) is 9.26 Å². The van der Waals surface area contributed by atoms with Crippen molar-refractivity contribution in [3.05, 3.63) is 26.6 Å². The molecular weight excluding hydrogens is 291 g/mol. The van der Waals surface area contributed by atoms with Crippen molar-refractivity contribution in [3.8, 4) is 0 Å². The molecule has 0 aliphatic carbocycles. The largest absolute Gasteiger partial charge is 0.390 e. The average molecular weight is 299 g/mol. The van der Waals surface area contributed by atoms with Crippen molar-refractivity contribution in [3.63, 3.8) is 0 Å². The first-order valence-electron chi connectivity index (χ1n) is 3.61. The number of hydrogen-bond acceptors (Lipinski definition) is 2. The molecule has 1 heterocycles. The van der Waals surface area contributed by atoms with Crippen molar-refractivity contribution in [1.82, 2.24) is 4.98 Å². The molecule has 0 saturated carbocycles. The first kappa shape index (κ1) is 10.8. The summed E-state index contributed by atoms with van der Waals surface area (Å²) in [6, 6.07) is 1.24. The van der Waals surface area contributed by atoms with E-state index in [1.807, 2.05) is 22.6 Å². The van der Waals surface area contributed by atoms with Gasteiger partial charge in [-0.25, -0.2) is 8.78 Å². The highest BCUT2D eigenvalue weighted by Gasteiger charge is 2.15. The van der Waals surface area contributed by atoms with E-state index in [0.717, 1.165) is 0 Å². The van der Waals surface area contributed by atoms with Crippen LogP contribution in [0.1, 0.15) is 23.4 Å². The molecule has 0 radical (unpaired) electrons. The van der Waals surface area contributed by atoms with Crippen LogP contribution in [0.15, 0.2) is 6.07 Å². The quantitative estimate of drug-likeness (QED) is 0.851. The second kappa shape index (κ2) is 4.28. The fourth-order valence-corrected chi connectivity index (χ4v) is 1.50. The molecule has 1 aromatic heterocycles. The summed E-state index contributed by atoms with van der Waals surface area (Å²) in [6.45, 7) is 1.34. The van der Waals surface area contributed by atoms with Crippen molar-refractivity contribution in [2.45, 2.75) is 20.0 Å². The lowest BCUT2D eigenvalue weighted by atomic mass is 10.2. The van der Waals surface area contributed by atoms with E-state index in [1.165, 1.54) is 6.07 Å². The Morgan fingerprint density at radius 1 is 1.62 bits per heavy atom. The lowest BCUT2D eigenvalue weighted by Gasteiger charge is -2.07. The minimum absolute atomic E-state index is 0.0582. The third-order valence-electron chi connectivity index (χ3n) is 1.60. The molecule has 72 valence electrons. The van der Waals surface area contributed by atoms with Crippen LogP contribution in [-0.2, 0) is 6.61 Å². The summed E-state index contributed by atoms with van der Waals surface area (Å²) in [5.41, 5.74) is 0.757. The third kappa shape index (κ3) is 2.34. The van der Waals surface area contributed by atoms with Gasteiger partial charge in [0.1, 0.15) is 0 Å². The molecule has 1 aromatic rings. The predicted molar refractivity (Wildman–Crippen MR) is 52.6 cm³/mol. The first-order chi connectivity index (χ1) is 6.06. The highest BCUT2D eigenvalue weighted by atomic mass is 127. The van der Waals surface area contributed by atoms with Gasteiger partial charge in [0, 0.05) is 9.13 Å². The van der Waals surface area contributed by atoms with E-state index in [9.17, 15) is 8.78 Å². The second-order valence-electron chi connectivity index (χ2n) is 2.56. The highest BCUT2D eigenvalue weighted by molar-refractivity contribution is 14.1. The molecule has 0 aliphatic rings. The van der Waals surface area contributed by atoms with Crippen LogP contribution in [0.4, 0.5) is 8.78 Å². The number of aliphatic hydroxyl groups excluding tert-OH is 1. The second-order valence-corrected chi connectivity index (χ2v) is 3.64. The van der Waals surface area contributed by atoms with Gasteiger partial charge in [-0.15, -0.1) is 0 Å². The van der Waals surface area contributed by atoms with Crippen LogP contribution in [0.25, 0.3) is 0 Å². The van der Waals surface area contributed by atoms with Crippen LogP contribution >= 0.6 is 22.6 Å². The Kier molecular flexibility index (Phi) is 3.55. The van der Waals surface area contributed by atoms with Gasteiger partial charge in [-0.3, -0.25) is 4.98 Å². The molecule has 0 atom stereocenters. The van der Waals surface area contributed by atoms with Crippen molar-refractivity contribution in [1.29, 1.82) is 0 Å². The fraction of sp³-hybridized carbons (Fsp3) is 0.375. The maximum Gasteiger partial charge on any atom is 0.265 e. The number of aromatic nitrogens is 1. The molecule has 5 heteroatoms. The number of alkyl halides is 2. The Labute approximate surface area is 88.1 Å². The summed E-state index contributed by atoms with van der Waals surface area (Å²) in [5.74, 6) is 0. The van der Waals surface area contributed by atoms with Gasteiger partial charge >= 0.3 is 0 Å². The molecule has 0 saturated heterocycles. The molecular formula is C8H8F2INO. The van der Waals surface area contributed by atoms with Gasteiger partial charge in [0.25, 0.3) is 6.43 Å². The zero-order chi connectivity index (χ0) is 10.0. The van der Waals surface area contributed by atoms with E-state index in [2.05, 4.69) is 4.98 Å². The Morgan fingerprint density at radius 2 is 2.23 bits per heavy atom. The predicted octanol–water partition coefficient (Wildman–Crippen LogP) is 2.42. The van der Waals surface area contributed by atoms with Crippen LogP contribution < -0.4 is 0 Å². The van der Waals surface area contributed by atoms with Crippen molar-refractivity contribution in [2.75, 3.05) is 0 Å². The third-order valence-corrected chi connectivity index (χ3v) is 3.01. The number of rotatable bonds is 2. The number of hydrogen-bond donors (Lipinski definition) is 1. The van der Waals surface area contributed by atoms with E-state index in [4.69, 9.17) is 5.11 Å². The summed E-state index contributed by atoms with van der Waals surface area (Å²) < 4.78 is 25.3. The van der Waals surface area contributed by atoms with Crippen LogP contribution in [0.5, 0.6) is 0 Å². The molecule has 2 nitrogen and oxygen atoms in total. The summed E-state index contributed by atoms with van der Waals surface area (Å²) in [7, 11) is 0. The lowest BCUT2D eigenvalue weighted by molar-refractivity contribution is 0.149. The number of aryl methyl sites for hydroxylation is 1. The highest BCUT2D eigenvalue weighted by Crippen LogP contribution is 2.26. The molecule has 1 rings (SSSR count). The minimum Gasteiger partial charge on any atom is -0.390 e. The number of nitrogens with zero attached hydrogens (tertiary/aromatic N) is 1. The number of aliphatic hydroxyl groups is 1. The molecule has 0 aromatic carbocycles.